The van der Waals surface area contributed by atoms with Gasteiger partial charge in [-0.15, -0.1) is 11.3 Å². The highest BCUT2D eigenvalue weighted by molar-refractivity contribution is 7.22. The van der Waals surface area contributed by atoms with Crippen LogP contribution >= 0.6 is 11.3 Å². The Hall–Kier alpha value is -1.67. The quantitative estimate of drug-likeness (QED) is 0.568. The predicted octanol–water partition coefficient (Wildman–Crippen LogP) is 5.57. The minimum Gasteiger partial charge on any atom is -0.255 e. The Bertz CT molecular complexity index is 745. The van der Waals surface area contributed by atoms with E-state index in [-0.39, 0.29) is 5.41 Å². The molecule has 0 atom stereocenters. The molecule has 2 heterocycles. The molecule has 0 bridgehead atoms. The molecule has 3 aromatic rings. The molecule has 2 aromatic heterocycles. The molecule has 0 N–H and O–H groups in total. The maximum Gasteiger partial charge on any atom is 0.0819 e. The van der Waals surface area contributed by atoms with E-state index in [1.54, 1.807) is 0 Å². The van der Waals surface area contributed by atoms with Gasteiger partial charge in [0.1, 0.15) is 0 Å². The number of hydrogen-bond donors (Lipinski definition) is 0. The van der Waals surface area contributed by atoms with Crippen LogP contribution < -0.4 is 0 Å². The van der Waals surface area contributed by atoms with E-state index in [4.69, 9.17) is 0 Å². The Morgan fingerprint density at radius 1 is 1.00 bits per heavy atom. The lowest BCUT2D eigenvalue weighted by atomic mass is 9.87. The molecule has 20 heavy (non-hydrogen) atoms. The molecule has 102 valence electrons. The first-order valence-corrected chi connectivity index (χ1v) is 7.73. The van der Waals surface area contributed by atoms with Gasteiger partial charge in [-0.05, 0) is 35.6 Å². The molecule has 0 saturated carbocycles. The third-order valence-electron chi connectivity index (χ3n) is 3.56. The highest BCUT2D eigenvalue weighted by atomic mass is 32.1. The summed E-state index contributed by atoms with van der Waals surface area (Å²) >= 11 is 1.85. The van der Waals surface area contributed by atoms with Crippen molar-refractivity contribution >= 4 is 21.6 Å². The monoisotopic (exact) mass is 281 g/mol. The van der Waals surface area contributed by atoms with Gasteiger partial charge >= 0.3 is 0 Å². The third-order valence-corrected chi connectivity index (χ3v) is 4.76. The molecule has 0 aliphatic rings. The summed E-state index contributed by atoms with van der Waals surface area (Å²) in [4.78, 5) is 5.83. The second kappa shape index (κ2) is 4.71. The number of benzene rings is 1. The van der Waals surface area contributed by atoms with Crippen LogP contribution in [-0.4, -0.2) is 4.98 Å². The zero-order valence-corrected chi connectivity index (χ0v) is 13.2. The number of fused-ring (bicyclic) bond motifs is 1. The van der Waals surface area contributed by atoms with Crippen LogP contribution in [0.2, 0.25) is 0 Å². The lowest BCUT2D eigenvalue weighted by Crippen LogP contribution is -2.11. The van der Waals surface area contributed by atoms with Gasteiger partial charge in [-0.25, -0.2) is 0 Å². The molecular formula is C18H19NS. The molecule has 0 fully saturated rings. The maximum atomic E-state index is 4.53. The van der Waals surface area contributed by atoms with E-state index in [2.05, 4.69) is 69.1 Å². The molecule has 0 unspecified atom stereocenters. The highest BCUT2D eigenvalue weighted by Crippen LogP contribution is 2.38. The average molecular weight is 281 g/mol. The van der Waals surface area contributed by atoms with Crippen LogP contribution in [0.25, 0.3) is 20.7 Å². The first-order valence-electron chi connectivity index (χ1n) is 6.91. The molecule has 0 spiro atoms. The summed E-state index contributed by atoms with van der Waals surface area (Å²) in [6.07, 6.45) is 1.93. The normalized spacial score (nSPS) is 12.0. The van der Waals surface area contributed by atoms with Gasteiger partial charge in [-0.2, -0.15) is 0 Å². The number of nitrogens with zero attached hydrogens (tertiary/aromatic N) is 1. The Morgan fingerprint density at radius 2 is 1.70 bits per heavy atom. The summed E-state index contributed by atoms with van der Waals surface area (Å²) in [5, 5.41) is 0. The zero-order chi connectivity index (χ0) is 14.3. The third kappa shape index (κ3) is 2.36. The van der Waals surface area contributed by atoms with Crippen LogP contribution in [0.4, 0.5) is 0 Å². The molecule has 0 saturated heterocycles. The molecule has 0 aliphatic carbocycles. The summed E-state index contributed by atoms with van der Waals surface area (Å²) in [6, 6.07) is 13.1. The van der Waals surface area contributed by atoms with Gasteiger partial charge in [-0.1, -0.05) is 50.6 Å². The molecule has 0 radical (unpaired) electrons. The standard InChI is InChI=1S/C18H19NS/c1-12-5-7-13(8-6-12)16-11-15-17(20-16)14(9-10-19-15)18(2,3)4/h5-11H,1-4H3. The summed E-state index contributed by atoms with van der Waals surface area (Å²) in [6.45, 7) is 8.89. The average Bonchev–Trinajstić information content (AvgIpc) is 2.81. The van der Waals surface area contributed by atoms with Crippen molar-refractivity contribution in [3.63, 3.8) is 0 Å². The lowest BCUT2D eigenvalue weighted by molar-refractivity contribution is 0.596. The van der Waals surface area contributed by atoms with E-state index >= 15 is 0 Å². The van der Waals surface area contributed by atoms with Crippen LogP contribution in [0, 0.1) is 6.92 Å². The number of hydrogen-bond acceptors (Lipinski definition) is 2. The fourth-order valence-electron chi connectivity index (χ4n) is 2.39. The van der Waals surface area contributed by atoms with Gasteiger partial charge < -0.3 is 0 Å². The SMILES string of the molecule is Cc1ccc(-c2cc3nccc(C(C)(C)C)c3s2)cc1. The highest BCUT2D eigenvalue weighted by Gasteiger charge is 2.19. The number of aromatic nitrogens is 1. The molecule has 0 amide bonds. The smallest absolute Gasteiger partial charge is 0.0819 e. The molecule has 2 heteroatoms. The van der Waals surface area contributed by atoms with E-state index in [9.17, 15) is 0 Å². The van der Waals surface area contributed by atoms with Crippen LogP contribution in [0.1, 0.15) is 31.9 Å². The van der Waals surface area contributed by atoms with E-state index in [0.717, 1.165) is 5.52 Å². The van der Waals surface area contributed by atoms with Crippen LogP contribution in [0.5, 0.6) is 0 Å². The van der Waals surface area contributed by atoms with Gasteiger partial charge in [0.05, 0.1) is 10.2 Å². The van der Waals surface area contributed by atoms with E-state index in [0.29, 0.717) is 0 Å². The number of rotatable bonds is 1. The van der Waals surface area contributed by atoms with Gasteiger partial charge in [0.25, 0.3) is 0 Å². The summed E-state index contributed by atoms with van der Waals surface area (Å²) in [5.74, 6) is 0. The minimum atomic E-state index is 0.149. The molecule has 1 aromatic carbocycles. The van der Waals surface area contributed by atoms with Crippen LogP contribution in [0.15, 0.2) is 42.6 Å². The fraction of sp³-hybridized carbons (Fsp3) is 0.278. The first-order chi connectivity index (χ1) is 9.45. The van der Waals surface area contributed by atoms with Gasteiger partial charge in [0, 0.05) is 11.1 Å². The zero-order valence-electron chi connectivity index (χ0n) is 12.4. The van der Waals surface area contributed by atoms with Crippen molar-refractivity contribution in [1.82, 2.24) is 4.98 Å². The van der Waals surface area contributed by atoms with E-state index in [1.165, 1.54) is 26.3 Å². The molecular weight excluding hydrogens is 262 g/mol. The number of pyridine rings is 1. The van der Waals surface area contributed by atoms with Crippen molar-refractivity contribution in [2.24, 2.45) is 0 Å². The van der Waals surface area contributed by atoms with Crippen molar-refractivity contribution < 1.29 is 0 Å². The number of thiophene rings is 1. The Labute approximate surface area is 124 Å². The molecule has 3 rings (SSSR count). The van der Waals surface area contributed by atoms with Crippen molar-refractivity contribution in [1.29, 1.82) is 0 Å². The Balaban J connectivity index is 2.18. The second-order valence-electron chi connectivity index (χ2n) is 6.30. The maximum absolute atomic E-state index is 4.53. The van der Waals surface area contributed by atoms with E-state index in [1.807, 2.05) is 17.5 Å². The Kier molecular flexibility index (Phi) is 3.14. The van der Waals surface area contributed by atoms with Crippen molar-refractivity contribution in [3.05, 3.63) is 53.7 Å². The second-order valence-corrected chi connectivity index (χ2v) is 7.35. The fourth-order valence-corrected chi connectivity index (χ4v) is 3.73. The lowest BCUT2D eigenvalue weighted by Gasteiger charge is -2.19. The van der Waals surface area contributed by atoms with Gasteiger partial charge in [0.15, 0.2) is 0 Å². The molecule has 0 aliphatic heterocycles. The van der Waals surface area contributed by atoms with Crippen LogP contribution in [-0.2, 0) is 5.41 Å². The largest absolute Gasteiger partial charge is 0.255 e. The summed E-state index contributed by atoms with van der Waals surface area (Å²) in [7, 11) is 0. The van der Waals surface area contributed by atoms with E-state index < -0.39 is 0 Å². The van der Waals surface area contributed by atoms with Gasteiger partial charge in [0.2, 0.25) is 0 Å². The topological polar surface area (TPSA) is 12.9 Å². The minimum absolute atomic E-state index is 0.149. The number of aryl methyl sites for hydroxylation is 1. The summed E-state index contributed by atoms with van der Waals surface area (Å²) in [5.41, 5.74) is 5.21. The van der Waals surface area contributed by atoms with Crippen LogP contribution in [0.3, 0.4) is 0 Å². The van der Waals surface area contributed by atoms with Gasteiger partial charge in [-0.3, -0.25) is 4.98 Å². The molecule has 1 nitrogen and oxygen atoms in total. The van der Waals surface area contributed by atoms with Crippen molar-refractivity contribution in [2.75, 3.05) is 0 Å². The predicted molar refractivity (Wildman–Crippen MR) is 88.5 cm³/mol. The van der Waals surface area contributed by atoms with Crippen molar-refractivity contribution in [3.8, 4) is 10.4 Å². The van der Waals surface area contributed by atoms with Crippen molar-refractivity contribution in [2.45, 2.75) is 33.1 Å². The summed E-state index contributed by atoms with van der Waals surface area (Å²) < 4.78 is 1.32. The Morgan fingerprint density at radius 3 is 2.35 bits per heavy atom. The first kappa shape index (κ1) is 13.3.